The summed E-state index contributed by atoms with van der Waals surface area (Å²) in [5, 5.41) is 7.89. The van der Waals surface area contributed by atoms with Crippen molar-refractivity contribution >= 4 is 32.3 Å². The zero-order chi connectivity index (χ0) is 32.3. The van der Waals surface area contributed by atoms with Gasteiger partial charge < -0.3 is 0 Å². The molecule has 10 rings (SSSR count). The lowest BCUT2D eigenvalue weighted by atomic mass is 9.90. The van der Waals surface area contributed by atoms with Crippen molar-refractivity contribution in [2.45, 2.75) is 6.42 Å². The first-order valence-corrected chi connectivity index (χ1v) is 17.1. The monoisotopic (exact) mass is 620 g/mol. The van der Waals surface area contributed by atoms with E-state index in [1.54, 1.807) is 0 Å². The van der Waals surface area contributed by atoms with Crippen LogP contribution in [0.25, 0.3) is 88.0 Å². The van der Waals surface area contributed by atoms with Gasteiger partial charge in [0.25, 0.3) is 0 Å². The van der Waals surface area contributed by atoms with Crippen LogP contribution < -0.4 is 0 Å². The van der Waals surface area contributed by atoms with Gasteiger partial charge in [-0.1, -0.05) is 164 Å². The summed E-state index contributed by atoms with van der Waals surface area (Å²) in [5.74, 6) is 0. The summed E-state index contributed by atoms with van der Waals surface area (Å²) in [6, 6.07) is 67.1. The fraction of sp³-hybridized carbons (Fsp3) is 0.0204. The third kappa shape index (κ3) is 4.60. The smallest absolute Gasteiger partial charge is 0.000728 e. The molecule has 0 heterocycles. The van der Waals surface area contributed by atoms with E-state index in [1.165, 1.54) is 99.1 Å². The molecule has 0 atom stereocenters. The Morgan fingerprint density at radius 1 is 0.245 bits per heavy atom. The molecule has 1 aliphatic rings. The van der Waals surface area contributed by atoms with E-state index >= 15 is 0 Å². The van der Waals surface area contributed by atoms with Crippen molar-refractivity contribution in [1.29, 1.82) is 0 Å². The molecular weight excluding hydrogens is 589 g/mol. The van der Waals surface area contributed by atoms with Gasteiger partial charge in [-0.2, -0.15) is 0 Å². The largest absolute Gasteiger partial charge is 0.0622 e. The van der Waals surface area contributed by atoms with E-state index in [1.807, 2.05) is 0 Å². The third-order valence-electron chi connectivity index (χ3n) is 10.5. The number of hydrogen-bond donors (Lipinski definition) is 0. The SMILES string of the molecule is c1ccc(-c2ccc(-c3cccc(-c4ccc5c(c4)-c4cccc(-c6ccc7c8ccccc8c8ccccc8c7c6)c4C5)c3)cc2)cc1. The van der Waals surface area contributed by atoms with E-state index in [0.29, 0.717) is 0 Å². The van der Waals surface area contributed by atoms with Crippen LogP contribution >= 0.6 is 0 Å². The second-order valence-corrected chi connectivity index (χ2v) is 13.3. The summed E-state index contributed by atoms with van der Waals surface area (Å²) in [6.07, 6.45) is 0.950. The fourth-order valence-electron chi connectivity index (χ4n) is 8.09. The molecule has 0 unspecified atom stereocenters. The van der Waals surface area contributed by atoms with Crippen molar-refractivity contribution < 1.29 is 0 Å². The number of hydrogen-bond acceptors (Lipinski definition) is 0. The molecular formula is C49H32. The molecule has 0 nitrogen and oxygen atoms in total. The summed E-state index contributed by atoms with van der Waals surface area (Å²) in [4.78, 5) is 0. The van der Waals surface area contributed by atoms with Crippen LogP contribution in [-0.2, 0) is 6.42 Å². The van der Waals surface area contributed by atoms with Gasteiger partial charge in [0.15, 0.2) is 0 Å². The Morgan fingerprint density at radius 2 is 0.714 bits per heavy atom. The van der Waals surface area contributed by atoms with Gasteiger partial charge >= 0.3 is 0 Å². The number of fused-ring (bicyclic) bond motifs is 9. The molecule has 0 amide bonds. The molecule has 228 valence electrons. The van der Waals surface area contributed by atoms with E-state index in [9.17, 15) is 0 Å². The van der Waals surface area contributed by atoms with E-state index < -0.39 is 0 Å². The molecule has 9 aromatic rings. The highest BCUT2D eigenvalue weighted by Gasteiger charge is 2.23. The first-order valence-electron chi connectivity index (χ1n) is 17.1. The zero-order valence-corrected chi connectivity index (χ0v) is 27.0. The summed E-state index contributed by atoms with van der Waals surface area (Å²) in [6.45, 7) is 0. The maximum absolute atomic E-state index is 2.42. The lowest BCUT2D eigenvalue weighted by Crippen LogP contribution is -1.89. The molecule has 0 saturated heterocycles. The van der Waals surface area contributed by atoms with Crippen molar-refractivity contribution in [2.75, 3.05) is 0 Å². The third-order valence-corrected chi connectivity index (χ3v) is 10.5. The normalized spacial score (nSPS) is 12.0. The van der Waals surface area contributed by atoms with Crippen molar-refractivity contribution in [3.63, 3.8) is 0 Å². The Morgan fingerprint density at radius 3 is 1.43 bits per heavy atom. The minimum atomic E-state index is 0.950. The van der Waals surface area contributed by atoms with Crippen molar-refractivity contribution in [3.8, 4) is 55.6 Å². The molecule has 0 radical (unpaired) electrons. The Bertz CT molecular complexity index is 2680. The van der Waals surface area contributed by atoms with Crippen molar-refractivity contribution in [1.82, 2.24) is 0 Å². The molecule has 0 aliphatic heterocycles. The Balaban J connectivity index is 1.02. The standard InChI is InChI=1S/C49H32/c1-2-10-32(11-3-1)33-20-22-34(23-21-33)35-12-8-13-36(28-35)37-24-25-39-31-48-40(18-9-19-45(48)47(39)29-37)38-26-27-46-43-16-5-4-14-41(43)42-15-6-7-17-44(42)49(46)30-38/h1-30H,31H2. The second kappa shape index (κ2) is 11.2. The maximum Gasteiger partial charge on any atom is -0.000728 e. The molecule has 0 saturated carbocycles. The van der Waals surface area contributed by atoms with E-state index in [0.717, 1.165) is 6.42 Å². The molecule has 0 N–H and O–H groups in total. The summed E-state index contributed by atoms with van der Waals surface area (Å²) >= 11 is 0. The Labute approximate surface area is 286 Å². The molecule has 49 heavy (non-hydrogen) atoms. The predicted molar refractivity (Wildman–Crippen MR) is 209 cm³/mol. The molecule has 1 aliphatic carbocycles. The van der Waals surface area contributed by atoms with Crippen LogP contribution in [0.2, 0.25) is 0 Å². The van der Waals surface area contributed by atoms with Gasteiger partial charge in [-0.15, -0.1) is 0 Å². The highest BCUT2D eigenvalue weighted by molar-refractivity contribution is 6.25. The molecule has 0 spiro atoms. The summed E-state index contributed by atoms with van der Waals surface area (Å²) in [5.41, 5.74) is 15.6. The second-order valence-electron chi connectivity index (χ2n) is 13.3. The molecule has 0 fully saturated rings. The first kappa shape index (κ1) is 27.8. The van der Waals surface area contributed by atoms with Crippen molar-refractivity contribution in [2.24, 2.45) is 0 Å². The Kier molecular flexibility index (Phi) is 6.35. The first-order chi connectivity index (χ1) is 24.3. The van der Waals surface area contributed by atoms with Gasteiger partial charge in [0.05, 0.1) is 0 Å². The van der Waals surface area contributed by atoms with Crippen LogP contribution in [0.1, 0.15) is 11.1 Å². The molecule has 0 aromatic heterocycles. The highest BCUT2D eigenvalue weighted by atomic mass is 14.3. The van der Waals surface area contributed by atoms with E-state index in [2.05, 4.69) is 182 Å². The molecule has 9 aromatic carbocycles. The van der Waals surface area contributed by atoms with Crippen LogP contribution in [0.4, 0.5) is 0 Å². The zero-order valence-electron chi connectivity index (χ0n) is 27.0. The molecule has 0 bridgehead atoms. The average Bonchev–Trinajstić information content (AvgIpc) is 3.57. The van der Waals surface area contributed by atoms with Crippen LogP contribution in [0.5, 0.6) is 0 Å². The van der Waals surface area contributed by atoms with Gasteiger partial charge in [-0.05, 0) is 124 Å². The lowest BCUT2D eigenvalue weighted by Gasteiger charge is -2.14. The van der Waals surface area contributed by atoms with Gasteiger partial charge in [-0.25, -0.2) is 0 Å². The van der Waals surface area contributed by atoms with Gasteiger partial charge in [0, 0.05) is 0 Å². The fourth-order valence-corrected chi connectivity index (χ4v) is 8.09. The van der Waals surface area contributed by atoms with Crippen LogP contribution in [-0.4, -0.2) is 0 Å². The minimum Gasteiger partial charge on any atom is -0.0622 e. The molecule has 0 heteroatoms. The minimum absolute atomic E-state index is 0.950. The van der Waals surface area contributed by atoms with Gasteiger partial charge in [0.2, 0.25) is 0 Å². The topological polar surface area (TPSA) is 0 Å². The summed E-state index contributed by atoms with van der Waals surface area (Å²) in [7, 11) is 0. The lowest BCUT2D eigenvalue weighted by molar-refractivity contribution is 1.26. The van der Waals surface area contributed by atoms with E-state index in [-0.39, 0.29) is 0 Å². The predicted octanol–water partition coefficient (Wildman–Crippen LogP) is 13.4. The van der Waals surface area contributed by atoms with E-state index in [4.69, 9.17) is 0 Å². The van der Waals surface area contributed by atoms with Crippen LogP contribution in [0.3, 0.4) is 0 Å². The quantitative estimate of drug-likeness (QED) is 0.172. The van der Waals surface area contributed by atoms with Crippen LogP contribution in [0, 0.1) is 0 Å². The average molecular weight is 621 g/mol. The highest BCUT2D eigenvalue weighted by Crippen LogP contribution is 2.45. The number of rotatable bonds is 4. The van der Waals surface area contributed by atoms with Gasteiger partial charge in [-0.3, -0.25) is 0 Å². The summed E-state index contributed by atoms with van der Waals surface area (Å²) < 4.78 is 0. The van der Waals surface area contributed by atoms with Crippen molar-refractivity contribution in [3.05, 3.63) is 193 Å². The number of benzene rings is 9. The van der Waals surface area contributed by atoms with Gasteiger partial charge in [0.1, 0.15) is 0 Å². The maximum atomic E-state index is 2.42. The van der Waals surface area contributed by atoms with Crippen LogP contribution in [0.15, 0.2) is 182 Å². The Hall–Kier alpha value is -6.24.